The highest BCUT2D eigenvalue weighted by atomic mass is 35.5. The molecule has 2 aromatic heterocycles. The van der Waals surface area contributed by atoms with E-state index in [9.17, 15) is 14.9 Å². The Kier molecular flexibility index (Phi) is 7.75. The zero-order chi connectivity index (χ0) is 27.2. The van der Waals surface area contributed by atoms with Crippen LogP contribution in [0.25, 0.3) is 15.9 Å². The molecule has 0 radical (unpaired) electrons. The fourth-order valence-electron chi connectivity index (χ4n) is 3.50. The van der Waals surface area contributed by atoms with Gasteiger partial charge in [0.1, 0.15) is 5.75 Å². The molecule has 0 aliphatic rings. The number of esters is 1. The minimum atomic E-state index is -1.13. The Labute approximate surface area is 219 Å². The summed E-state index contributed by atoms with van der Waals surface area (Å²) in [5.41, 5.74) is 1.16. The lowest BCUT2D eigenvalue weighted by Gasteiger charge is -2.12. The van der Waals surface area contributed by atoms with Gasteiger partial charge in [0.15, 0.2) is 29.6 Å². The van der Waals surface area contributed by atoms with E-state index < -0.39 is 17.8 Å². The second kappa shape index (κ2) is 11.3. The van der Waals surface area contributed by atoms with Gasteiger partial charge in [-0.2, -0.15) is 15.5 Å². The summed E-state index contributed by atoms with van der Waals surface area (Å²) in [6.45, 7) is 6.84. The molecule has 2 aromatic carbocycles. The summed E-state index contributed by atoms with van der Waals surface area (Å²) >= 11 is 6.20. The van der Waals surface area contributed by atoms with E-state index in [0.717, 1.165) is 0 Å². The van der Waals surface area contributed by atoms with Crippen LogP contribution >= 0.6 is 11.6 Å². The lowest BCUT2D eigenvalue weighted by atomic mass is 10.1. The standard InChI is InChI=1S/C25H16ClFN6O5/c1-29-16-8-14(12-28)9-17(11-16)38-24-19(26)3-2-15(23(24)27)10-20-18-6-7-30-31-25(18)33(32-20)13-37-22(36)5-4-21(34)35/h2-3,6-9,11H,4-5,10,13H2,(H,34,35). The molecule has 0 bridgehead atoms. The molecule has 0 spiro atoms. The number of ether oxygens (including phenoxy) is 2. The number of hydrogen-bond acceptors (Lipinski definition) is 8. The molecule has 0 saturated carbocycles. The Balaban J connectivity index is 1.61. The molecule has 38 heavy (non-hydrogen) atoms. The van der Waals surface area contributed by atoms with E-state index in [4.69, 9.17) is 32.8 Å². The van der Waals surface area contributed by atoms with Crippen LogP contribution in [0.5, 0.6) is 11.5 Å². The summed E-state index contributed by atoms with van der Waals surface area (Å²) in [5, 5.41) is 30.6. The van der Waals surface area contributed by atoms with E-state index in [0.29, 0.717) is 11.1 Å². The number of halogens is 2. The number of aromatic nitrogens is 4. The van der Waals surface area contributed by atoms with Crippen molar-refractivity contribution in [1.29, 1.82) is 5.26 Å². The van der Waals surface area contributed by atoms with Gasteiger partial charge in [0.05, 0.1) is 42.4 Å². The average molecular weight is 535 g/mol. The van der Waals surface area contributed by atoms with Gasteiger partial charge in [-0.25, -0.2) is 13.9 Å². The lowest BCUT2D eigenvalue weighted by molar-refractivity contribution is -0.150. The third-order valence-corrected chi connectivity index (χ3v) is 5.54. The van der Waals surface area contributed by atoms with Crippen LogP contribution < -0.4 is 4.74 Å². The van der Waals surface area contributed by atoms with Crippen LogP contribution in [-0.4, -0.2) is 37.0 Å². The maximum absolute atomic E-state index is 15.6. The minimum Gasteiger partial charge on any atom is -0.481 e. The normalized spacial score (nSPS) is 10.5. The van der Waals surface area contributed by atoms with Crippen molar-refractivity contribution in [3.63, 3.8) is 0 Å². The maximum Gasteiger partial charge on any atom is 0.308 e. The van der Waals surface area contributed by atoms with Crippen molar-refractivity contribution in [1.82, 2.24) is 20.0 Å². The van der Waals surface area contributed by atoms with Gasteiger partial charge in [0.2, 0.25) is 0 Å². The van der Waals surface area contributed by atoms with Gasteiger partial charge < -0.3 is 14.6 Å². The molecule has 0 fully saturated rings. The zero-order valence-electron chi connectivity index (χ0n) is 19.4. The van der Waals surface area contributed by atoms with Crippen LogP contribution in [0.15, 0.2) is 42.6 Å². The monoisotopic (exact) mass is 534 g/mol. The molecular formula is C25H16ClFN6O5. The molecule has 0 aliphatic heterocycles. The number of carboxylic acids is 1. The summed E-state index contributed by atoms with van der Waals surface area (Å²) in [7, 11) is 0. The van der Waals surface area contributed by atoms with Crippen LogP contribution in [0.3, 0.4) is 0 Å². The van der Waals surface area contributed by atoms with Gasteiger partial charge in [-0.05, 0) is 35.9 Å². The van der Waals surface area contributed by atoms with E-state index in [1.54, 1.807) is 6.07 Å². The number of rotatable bonds is 9. The van der Waals surface area contributed by atoms with E-state index >= 15 is 4.39 Å². The molecule has 0 unspecified atom stereocenters. The summed E-state index contributed by atoms with van der Waals surface area (Å²) in [5.74, 6) is -2.84. The molecule has 4 aromatic rings. The average Bonchev–Trinajstić information content (AvgIpc) is 3.27. The van der Waals surface area contributed by atoms with Crippen LogP contribution in [0.2, 0.25) is 5.02 Å². The molecule has 0 atom stereocenters. The van der Waals surface area contributed by atoms with Crippen molar-refractivity contribution in [2.75, 3.05) is 0 Å². The summed E-state index contributed by atoms with van der Waals surface area (Å²) in [6, 6.07) is 10.6. The lowest BCUT2D eigenvalue weighted by Crippen LogP contribution is -2.12. The molecular weight excluding hydrogens is 519 g/mol. The van der Waals surface area contributed by atoms with Crippen molar-refractivity contribution >= 4 is 40.3 Å². The van der Waals surface area contributed by atoms with Crippen molar-refractivity contribution in [3.05, 3.63) is 81.7 Å². The first kappa shape index (κ1) is 26.0. The maximum atomic E-state index is 15.6. The number of nitrogens with zero attached hydrogens (tertiary/aromatic N) is 6. The largest absolute Gasteiger partial charge is 0.481 e. The first-order chi connectivity index (χ1) is 18.3. The number of carbonyl (C=O) groups excluding carboxylic acids is 1. The summed E-state index contributed by atoms with van der Waals surface area (Å²) in [6.07, 6.45) is 0.734. The van der Waals surface area contributed by atoms with Crippen molar-refractivity contribution in [2.24, 2.45) is 0 Å². The highest BCUT2D eigenvalue weighted by molar-refractivity contribution is 6.32. The molecule has 0 amide bonds. The Morgan fingerprint density at radius 2 is 2.05 bits per heavy atom. The number of carbonyl (C=O) groups is 2. The van der Waals surface area contributed by atoms with Gasteiger partial charge in [-0.1, -0.05) is 17.7 Å². The molecule has 0 aliphatic carbocycles. The molecule has 190 valence electrons. The quantitative estimate of drug-likeness (QED) is 0.236. The van der Waals surface area contributed by atoms with Crippen LogP contribution in [0.4, 0.5) is 10.1 Å². The smallest absolute Gasteiger partial charge is 0.308 e. The van der Waals surface area contributed by atoms with Gasteiger partial charge >= 0.3 is 11.9 Å². The topological polar surface area (TPSA) is 145 Å². The molecule has 13 heteroatoms. The predicted molar refractivity (Wildman–Crippen MR) is 130 cm³/mol. The third-order valence-electron chi connectivity index (χ3n) is 5.25. The molecule has 1 N–H and O–H groups in total. The van der Waals surface area contributed by atoms with Gasteiger partial charge in [-0.3, -0.25) is 9.59 Å². The van der Waals surface area contributed by atoms with E-state index in [-0.39, 0.29) is 65.0 Å². The van der Waals surface area contributed by atoms with Gasteiger partial charge in [0, 0.05) is 17.4 Å². The number of benzene rings is 2. The van der Waals surface area contributed by atoms with Gasteiger partial charge in [0.25, 0.3) is 0 Å². The Morgan fingerprint density at radius 3 is 2.79 bits per heavy atom. The number of carboxylic acid groups (broad SMARTS) is 1. The van der Waals surface area contributed by atoms with Crippen molar-refractivity contribution in [2.45, 2.75) is 26.0 Å². The summed E-state index contributed by atoms with van der Waals surface area (Å²) < 4.78 is 27.6. The second-order valence-electron chi connectivity index (χ2n) is 7.82. The first-order valence-electron chi connectivity index (χ1n) is 10.9. The Bertz CT molecular complexity index is 1610. The highest BCUT2D eigenvalue weighted by Gasteiger charge is 2.20. The van der Waals surface area contributed by atoms with E-state index in [1.165, 1.54) is 41.2 Å². The molecule has 0 saturated heterocycles. The van der Waals surface area contributed by atoms with Gasteiger partial charge in [-0.15, -0.1) is 5.10 Å². The van der Waals surface area contributed by atoms with Crippen LogP contribution in [-0.2, 0) is 27.5 Å². The molecule has 11 nitrogen and oxygen atoms in total. The fraction of sp³-hybridized carbons (Fsp3) is 0.160. The number of hydrogen-bond donors (Lipinski definition) is 1. The predicted octanol–water partition coefficient (Wildman–Crippen LogP) is 4.79. The van der Waals surface area contributed by atoms with Crippen molar-refractivity contribution in [3.8, 4) is 17.6 Å². The van der Waals surface area contributed by atoms with E-state index in [2.05, 4.69) is 20.1 Å². The number of nitriles is 1. The number of fused-ring (bicyclic) bond motifs is 1. The number of aliphatic carboxylic acids is 1. The van der Waals surface area contributed by atoms with Crippen LogP contribution in [0, 0.1) is 23.7 Å². The zero-order valence-corrected chi connectivity index (χ0v) is 20.1. The molecule has 4 rings (SSSR count). The Morgan fingerprint density at radius 1 is 1.24 bits per heavy atom. The Hall–Kier alpha value is -5.07. The van der Waals surface area contributed by atoms with E-state index in [1.807, 2.05) is 6.07 Å². The van der Waals surface area contributed by atoms with Crippen LogP contribution in [0.1, 0.15) is 29.7 Å². The SMILES string of the molecule is [C-]#[N+]c1cc(C#N)cc(Oc2c(Cl)ccc(Cc3nn(COC(=O)CCC(=O)O)c4nnccc34)c2F)c1. The minimum absolute atomic E-state index is 0.0208. The van der Waals surface area contributed by atoms with Crippen molar-refractivity contribution < 1.29 is 28.6 Å². The third kappa shape index (κ3) is 5.83. The second-order valence-corrected chi connectivity index (χ2v) is 8.23. The highest BCUT2D eigenvalue weighted by Crippen LogP contribution is 2.36. The molecule has 2 heterocycles. The fourth-order valence-corrected chi connectivity index (χ4v) is 3.68. The summed E-state index contributed by atoms with van der Waals surface area (Å²) in [4.78, 5) is 25.8. The first-order valence-corrected chi connectivity index (χ1v) is 11.3.